The summed E-state index contributed by atoms with van der Waals surface area (Å²) in [5.41, 5.74) is 0.0272. The molecule has 2 rings (SSSR count). The van der Waals surface area contributed by atoms with Gasteiger partial charge in [-0.1, -0.05) is 23.7 Å². The molecule has 1 saturated heterocycles. The molecule has 19 heavy (non-hydrogen) atoms. The first-order valence-electron chi connectivity index (χ1n) is 6.03. The lowest BCUT2D eigenvalue weighted by Gasteiger charge is -2.32. The Morgan fingerprint density at radius 2 is 2.42 bits per heavy atom. The zero-order chi connectivity index (χ0) is 13.8. The van der Waals surface area contributed by atoms with Crippen molar-refractivity contribution in [1.29, 1.82) is 0 Å². The lowest BCUT2D eigenvalue weighted by Crippen LogP contribution is -2.43. The van der Waals surface area contributed by atoms with E-state index in [9.17, 15) is 9.18 Å². The Balaban J connectivity index is 2.03. The average Bonchev–Trinajstić information content (AvgIpc) is 2.38. The molecule has 1 fully saturated rings. The second-order valence-electron chi connectivity index (χ2n) is 4.29. The largest absolute Gasteiger partial charge is 0.430 e. The minimum atomic E-state index is -0.678. The van der Waals surface area contributed by atoms with Crippen molar-refractivity contribution in [3.05, 3.63) is 35.6 Å². The van der Waals surface area contributed by atoms with Crippen LogP contribution >= 0.6 is 11.6 Å². The highest BCUT2D eigenvalue weighted by Crippen LogP contribution is 2.23. The van der Waals surface area contributed by atoms with Crippen LogP contribution in [-0.2, 0) is 9.47 Å². The van der Waals surface area contributed by atoms with E-state index in [0.717, 1.165) is 0 Å². The summed E-state index contributed by atoms with van der Waals surface area (Å²) in [5, 5.41) is 0. The molecule has 0 aromatic heterocycles. The third kappa shape index (κ3) is 3.81. The zero-order valence-electron chi connectivity index (χ0n) is 10.5. The number of carbonyl (C=O) groups excluding carboxylic acids is 1. The van der Waals surface area contributed by atoms with Gasteiger partial charge in [-0.25, -0.2) is 9.18 Å². The number of amides is 1. The molecule has 0 spiro atoms. The molecule has 6 heteroatoms. The molecule has 1 aromatic rings. The number of morpholine rings is 1. The predicted octanol–water partition coefficient (Wildman–Crippen LogP) is 2.92. The Bertz CT molecular complexity index is 455. The van der Waals surface area contributed by atoms with Crippen LogP contribution in [0.25, 0.3) is 0 Å². The standard InChI is InChI=1S/C13H15ClFNO3/c1-9(14)19-13(17)16-5-6-18-12(8-16)10-3-2-4-11(15)7-10/h2-4,7,9,12H,5-6,8H2,1H3/t9?,12-/m1/s1. The summed E-state index contributed by atoms with van der Waals surface area (Å²) in [5.74, 6) is -0.324. The van der Waals surface area contributed by atoms with E-state index in [1.165, 1.54) is 17.0 Å². The molecule has 4 nitrogen and oxygen atoms in total. The Labute approximate surface area is 116 Å². The Kier molecular flexibility index (Phi) is 4.61. The number of carbonyl (C=O) groups is 1. The number of halogens is 2. The molecule has 1 aliphatic rings. The molecular weight excluding hydrogens is 273 g/mol. The van der Waals surface area contributed by atoms with Crippen LogP contribution in [0.4, 0.5) is 9.18 Å². The second kappa shape index (κ2) is 6.21. The molecule has 0 bridgehead atoms. The summed E-state index contributed by atoms with van der Waals surface area (Å²) in [6.45, 7) is 2.72. The van der Waals surface area contributed by atoms with Crippen molar-refractivity contribution < 1.29 is 18.7 Å². The van der Waals surface area contributed by atoms with Gasteiger partial charge in [-0.3, -0.25) is 0 Å². The first kappa shape index (κ1) is 14.1. The molecule has 1 unspecified atom stereocenters. The van der Waals surface area contributed by atoms with Gasteiger partial charge in [-0.05, 0) is 24.6 Å². The minimum absolute atomic E-state index is 0.324. The normalized spacial score (nSPS) is 21.0. The summed E-state index contributed by atoms with van der Waals surface area (Å²) < 4.78 is 23.6. The SMILES string of the molecule is CC(Cl)OC(=O)N1CCO[C@@H](c2cccc(F)c2)C1. The molecule has 0 radical (unpaired) electrons. The monoisotopic (exact) mass is 287 g/mol. The maximum Gasteiger partial charge on any atom is 0.411 e. The van der Waals surface area contributed by atoms with E-state index in [0.29, 0.717) is 25.3 Å². The predicted molar refractivity (Wildman–Crippen MR) is 68.5 cm³/mol. The van der Waals surface area contributed by atoms with E-state index in [1.54, 1.807) is 19.1 Å². The quantitative estimate of drug-likeness (QED) is 0.785. The summed E-state index contributed by atoms with van der Waals surface area (Å²) >= 11 is 5.62. The lowest BCUT2D eigenvalue weighted by molar-refractivity contribution is -0.0297. The molecule has 104 valence electrons. The number of alkyl halides is 1. The van der Waals surface area contributed by atoms with Crippen molar-refractivity contribution in [1.82, 2.24) is 4.90 Å². The lowest BCUT2D eigenvalue weighted by atomic mass is 10.1. The van der Waals surface area contributed by atoms with Gasteiger partial charge in [0.1, 0.15) is 11.9 Å². The van der Waals surface area contributed by atoms with E-state index in [2.05, 4.69) is 0 Å². The number of ether oxygens (including phenoxy) is 2. The summed E-state index contributed by atoms with van der Waals surface area (Å²) in [6, 6.07) is 6.16. The van der Waals surface area contributed by atoms with Crippen LogP contribution in [-0.4, -0.2) is 36.3 Å². The molecule has 1 aliphatic heterocycles. The van der Waals surface area contributed by atoms with Gasteiger partial charge >= 0.3 is 6.09 Å². The van der Waals surface area contributed by atoms with E-state index in [4.69, 9.17) is 21.1 Å². The van der Waals surface area contributed by atoms with E-state index < -0.39 is 11.7 Å². The molecule has 1 heterocycles. The molecule has 1 amide bonds. The fraction of sp³-hybridized carbons (Fsp3) is 0.462. The van der Waals surface area contributed by atoms with Crippen molar-refractivity contribution in [3.63, 3.8) is 0 Å². The maximum absolute atomic E-state index is 13.2. The van der Waals surface area contributed by atoms with Crippen LogP contribution in [0.3, 0.4) is 0 Å². The Hall–Kier alpha value is -1.33. The highest BCUT2D eigenvalue weighted by molar-refractivity contribution is 6.19. The summed E-state index contributed by atoms with van der Waals surface area (Å²) in [7, 11) is 0. The molecule has 1 aromatic carbocycles. The second-order valence-corrected chi connectivity index (χ2v) is 4.90. The van der Waals surface area contributed by atoms with Gasteiger partial charge in [0, 0.05) is 6.54 Å². The van der Waals surface area contributed by atoms with Crippen LogP contribution in [0.2, 0.25) is 0 Å². The summed E-state index contributed by atoms with van der Waals surface area (Å²) in [4.78, 5) is 13.3. The van der Waals surface area contributed by atoms with Crippen LogP contribution in [0.1, 0.15) is 18.6 Å². The Morgan fingerprint density at radius 3 is 3.11 bits per heavy atom. The fourth-order valence-electron chi connectivity index (χ4n) is 1.94. The van der Waals surface area contributed by atoms with Gasteiger partial charge in [0.2, 0.25) is 0 Å². The first-order valence-corrected chi connectivity index (χ1v) is 6.46. The number of hydrogen-bond donors (Lipinski definition) is 0. The van der Waals surface area contributed by atoms with Crippen molar-refractivity contribution in [2.75, 3.05) is 19.7 Å². The number of nitrogens with zero attached hydrogens (tertiary/aromatic N) is 1. The zero-order valence-corrected chi connectivity index (χ0v) is 11.3. The van der Waals surface area contributed by atoms with Crippen LogP contribution in [0, 0.1) is 5.82 Å². The highest BCUT2D eigenvalue weighted by Gasteiger charge is 2.27. The van der Waals surface area contributed by atoms with Crippen molar-refractivity contribution in [2.24, 2.45) is 0 Å². The van der Waals surface area contributed by atoms with Gasteiger partial charge in [0.05, 0.1) is 13.2 Å². The third-order valence-corrected chi connectivity index (χ3v) is 2.90. The first-order chi connectivity index (χ1) is 9.06. The van der Waals surface area contributed by atoms with E-state index in [1.807, 2.05) is 0 Å². The topological polar surface area (TPSA) is 38.8 Å². The number of hydrogen-bond acceptors (Lipinski definition) is 3. The van der Waals surface area contributed by atoms with Crippen LogP contribution in [0.5, 0.6) is 0 Å². The summed E-state index contributed by atoms with van der Waals surface area (Å²) in [6.07, 6.45) is -0.824. The number of benzene rings is 1. The highest BCUT2D eigenvalue weighted by atomic mass is 35.5. The molecular formula is C13H15ClFNO3. The van der Waals surface area contributed by atoms with Crippen molar-refractivity contribution >= 4 is 17.7 Å². The van der Waals surface area contributed by atoms with Gasteiger partial charge in [-0.2, -0.15) is 0 Å². The van der Waals surface area contributed by atoms with Gasteiger partial charge in [0.25, 0.3) is 0 Å². The molecule has 0 saturated carbocycles. The van der Waals surface area contributed by atoms with Gasteiger partial charge in [0.15, 0.2) is 5.56 Å². The van der Waals surface area contributed by atoms with Gasteiger partial charge < -0.3 is 14.4 Å². The molecule has 0 aliphatic carbocycles. The number of rotatable bonds is 2. The van der Waals surface area contributed by atoms with Crippen molar-refractivity contribution in [2.45, 2.75) is 18.6 Å². The third-order valence-electron chi connectivity index (χ3n) is 2.81. The smallest absolute Gasteiger partial charge is 0.411 e. The Morgan fingerprint density at radius 1 is 1.63 bits per heavy atom. The minimum Gasteiger partial charge on any atom is -0.430 e. The maximum atomic E-state index is 13.2. The van der Waals surface area contributed by atoms with E-state index >= 15 is 0 Å². The fourth-order valence-corrected chi connectivity index (χ4v) is 2.01. The van der Waals surface area contributed by atoms with Crippen LogP contribution < -0.4 is 0 Å². The van der Waals surface area contributed by atoms with Crippen LogP contribution in [0.15, 0.2) is 24.3 Å². The average molecular weight is 288 g/mol. The molecule has 0 N–H and O–H groups in total. The van der Waals surface area contributed by atoms with Gasteiger partial charge in [-0.15, -0.1) is 0 Å². The van der Waals surface area contributed by atoms with Crippen molar-refractivity contribution in [3.8, 4) is 0 Å². The molecule has 2 atom stereocenters. The van der Waals surface area contributed by atoms with E-state index in [-0.39, 0.29) is 11.9 Å².